The van der Waals surface area contributed by atoms with Gasteiger partial charge in [0.15, 0.2) is 5.75 Å². The van der Waals surface area contributed by atoms with Crippen LogP contribution in [0.5, 0.6) is 11.5 Å². The molecule has 1 N–H and O–H groups in total. The maximum Gasteiger partial charge on any atom is 0.412 e. The molecule has 2 aromatic carbocycles. The van der Waals surface area contributed by atoms with Crippen LogP contribution in [0.15, 0.2) is 70.5 Å². The molecule has 3 rings (SSSR count). The van der Waals surface area contributed by atoms with Gasteiger partial charge in [-0.15, -0.1) is 11.8 Å². The van der Waals surface area contributed by atoms with Crippen LogP contribution in [0, 0.1) is 0 Å². The first-order valence-electron chi connectivity index (χ1n) is 14.5. The molecule has 8 heteroatoms. The molecular formula is C34H47N3O4S. The average molecular weight is 594 g/mol. The zero-order valence-corrected chi connectivity index (χ0v) is 27.6. The zero-order chi connectivity index (χ0) is 31.7. The van der Waals surface area contributed by atoms with E-state index in [4.69, 9.17) is 9.47 Å². The van der Waals surface area contributed by atoms with E-state index in [1.807, 2.05) is 71.2 Å². The minimum absolute atomic E-state index is 0.165. The molecule has 1 amide bonds. The topological polar surface area (TPSA) is 81.9 Å². The third-order valence-corrected chi connectivity index (χ3v) is 5.96. The number of hydrogen-bond acceptors (Lipinski definition) is 6. The number of ether oxygens (including phenoxy) is 2. The van der Waals surface area contributed by atoms with E-state index in [0.29, 0.717) is 22.5 Å². The van der Waals surface area contributed by atoms with Gasteiger partial charge in [-0.05, 0) is 76.8 Å². The van der Waals surface area contributed by atoms with Crippen molar-refractivity contribution >= 4 is 40.9 Å². The number of nitrogens with one attached hydrogen (secondary N) is 1. The van der Waals surface area contributed by atoms with Crippen molar-refractivity contribution < 1.29 is 14.3 Å². The number of pyridine rings is 1. The molecule has 0 aliphatic rings. The highest BCUT2D eigenvalue weighted by Gasteiger charge is 2.17. The van der Waals surface area contributed by atoms with Crippen molar-refractivity contribution in [1.82, 2.24) is 4.57 Å². The Labute approximate surface area is 255 Å². The van der Waals surface area contributed by atoms with Gasteiger partial charge in [-0.25, -0.2) is 4.79 Å². The minimum Gasteiger partial charge on any atom is -0.452 e. The summed E-state index contributed by atoms with van der Waals surface area (Å²) in [4.78, 5) is 30.8. The number of carbonyl (C=O) groups excluding carboxylic acids is 1. The van der Waals surface area contributed by atoms with Gasteiger partial charge in [0.05, 0.1) is 16.1 Å². The highest BCUT2D eigenvalue weighted by Crippen LogP contribution is 2.18. The van der Waals surface area contributed by atoms with Crippen LogP contribution in [0.2, 0.25) is 0 Å². The number of aliphatic imine (C=N–C) groups is 1. The van der Waals surface area contributed by atoms with Gasteiger partial charge >= 0.3 is 6.09 Å². The zero-order valence-electron chi connectivity index (χ0n) is 26.8. The standard InChI is InChI=1S/C30H35N3O4S.2C2H6/c1-7-8-17-26-22(20-31-21(2)38-6)18-27(36-25-15-10-9-11-16-25)28(34)33(26)24-14-12-13-23(19-24)32-29(35)37-30(3,4)5;2*1-2/h9-20H,7-8H2,1-6H3,(H,32,35);2*1-2H3/b22-20-,26-17-,31-21?;;. The van der Waals surface area contributed by atoms with E-state index < -0.39 is 11.7 Å². The molecule has 0 aliphatic heterocycles. The summed E-state index contributed by atoms with van der Waals surface area (Å²) in [6, 6.07) is 18.0. The van der Waals surface area contributed by atoms with Crippen molar-refractivity contribution in [1.29, 1.82) is 0 Å². The second kappa shape index (κ2) is 18.6. The van der Waals surface area contributed by atoms with E-state index in [-0.39, 0.29) is 11.3 Å². The summed E-state index contributed by atoms with van der Waals surface area (Å²) in [5, 5.41) is 5.08. The number of hydrogen-bond donors (Lipinski definition) is 1. The third kappa shape index (κ3) is 11.6. The predicted molar refractivity (Wildman–Crippen MR) is 181 cm³/mol. The Bertz CT molecular complexity index is 1470. The van der Waals surface area contributed by atoms with Crippen LogP contribution in [0.3, 0.4) is 0 Å². The van der Waals surface area contributed by atoms with Gasteiger partial charge < -0.3 is 9.47 Å². The molecule has 1 aromatic heterocycles. The SMILES string of the molecule is CC.CC.CCC/C=c1/c(=C\N=C(C)SC)cc(Oc2ccccc2)c(=O)n1-c1cccc(NC(=O)OC(C)(C)C)c1. The van der Waals surface area contributed by atoms with Crippen molar-refractivity contribution in [3.63, 3.8) is 0 Å². The molecule has 228 valence electrons. The Hall–Kier alpha value is -3.78. The lowest BCUT2D eigenvalue weighted by Crippen LogP contribution is -2.42. The number of thioether (sulfide) groups is 1. The Morgan fingerprint density at radius 2 is 1.69 bits per heavy atom. The normalized spacial score (nSPS) is 12.0. The highest BCUT2D eigenvalue weighted by molar-refractivity contribution is 8.13. The molecule has 0 atom stereocenters. The van der Waals surface area contributed by atoms with Gasteiger partial charge in [0, 0.05) is 17.1 Å². The van der Waals surface area contributed by atoms with Crippen LogP contribution in [0.25, 0.3) is 18.0 Å². The summed E-state index contributed by atoms with van der Waals surface area (Å²) in [6.07, 6.45) is 6.84. The van der Waals surface area contributed by atoms with Crippen molar-refractivity contribution in [3.8, 4) is 17.2 Å². The van der Waals surface area contributed by atoms with Crippen LogP contribution in [0.4, 0.5) is 10.5 Å². The van der Waals surface area contributed by atoms with Crippen LogP contribution in [-0.2, 0) is 4.74 Å². The second-order valence-electron chi connectivity index (χ2n) is 9.56. The van der Waals surface area contributed by atoms with Crippen molar-refractivity contribution in [2.45, 2.75) is 80.8 Å². The molecule has 0 spiro atoms. The van der Waals surface area contributed by atoms with Crippen LogP contribution >= 0.6 is 11.8 Å². The summed E-state index contributed by atoms with van der Waals surface area (Å²) >= 11 is 1.55. The van der Waals surface area contributed by atoms with E-state index >= 15 is 0 Å². The van der Waals surface area contributed by atoms with E-state index in [1.165, 1.54) is 0 Å². The fourth-order valence-electron chi connectivity index (χ4n) is 3.52. The smallest absolute Gasteiger partial charge is 0.412 e. The fraction of sp³-hybridized carbons (Fsp3) is 0.382. The van der Waals surface area contributed by atoms with Gasteiger partial charge in [-0.1, -0.05) is 71.4 Å². The molecule has 1 heterocycles. The molecule has 0 saturated heterocycles. The Morgan fingerprint density at radius 1 is 1.02 bits per heavy atom. The summed E-state index contributed by atoms with van der Waals surface area (Å²) in [5.41, 5.74) is 0.115. The Kier molecular flexibility index (Phi) is 16.1. The third-order valence-electron chi connectivity index (χ3n) is 5.27. The van der Waals surface area contributed by atoms with E-state index in [2.05, 4.69) is 17.2 Å². The van der Waals surface area contributed by atoms with Crippen molar-refractivity contribution in [2.24, 2.45) is 4.99 Å². The largest absolute Gasteiger partial charge is 0.452 e. The molecule has 0 fully saturated rings. The number of rotatable bonds is 7. The number of aromatic nitrogens is 1. The molecule has 0 radical (unpaired) electrons. The van der Waals surface area contributed by atoms with Gasteiger partial charge in [0.2, 0.25) is 0 Å². The summed E-state index contributed by atoms with van der Waals surface area (Å²) in [7, 11) is 0. The number of unbranched alkanes of at least 4 members (excludes halogenated alkanes) is 1. The van der Waals surface area contributed by atoms with Crippen LogP contribution in [0.1, 0.15) is 75.2 Å². The Balaban J connectivity index is 0.00000211. The average Bonchev–Trinajstić information content (AvgIpc) is 2.98. The molecular weight excluding hydrogens is 546 g/mol. The van der Waals surface area contributed by atoms with Gasteiger partial charge in [0.1, 0.15) is 11.4 Å². The molecule has 3 aromatic rings. The Morgan fingerprint density at radius 3 is 2.29 bits per heavy atom. The molecule has 0 unspecified atom stereocenters. The van der Waals surface area contributed by atoms with Crippen LogP contribution < -0.4 is 26.2 Å². The van der Waals surface area contributed by atoms with Crippen LogP contribution in [-0.4, -0.2) is 27.6 Å². The molecule has 0 aliphatic carbocycles. The first kappa shape index (κ1) is 36.2. The summed E-state index contributed by atoms with van der Waals surface area (Å²) in [5.74, 6) is 0.718. The molecule has 0 bridgehead atoms. The number of para-hydroxylation sites is 1. The summed E-state index contributed by atoms with van der Waals surface area (Å²) in [6.45, 7) is 17.4. The lowest BCUT2D eigenvalue weighted by molar-refractivity contribution is 0.0636. The number of nitrogens with zero attached hydrogens (tertiary/aromatic N) is 2. The van der Waals surface area contributed by atoms with Crippen molar-refractivity contribution in [2.75, 3.05) is 11.6 Å². The maximum absolute atomic E-state index is 13.9. The minimum atomic E-state index is -0.635. The highest BCUT2D eigenvalue weighted by atomic mass is 32.2. The molecule has 0 saturated carbocycles. The first-order chi connectivity index (χ1) is 20.1. The van der Waals surface area contributed by atoms with Crippen molar-refractivity contribution in [3.05, 3.63) is 81.6 Å². The van der Waals surface area contributed by atoms with E-state index in [9.17, 15) is 9.59 Å². The van der Waals surface area contributed by atoms with E-state index in [0.717, 1.165) is 23.1 Å². The number of benzene rings is 2. The van der Waals surface area contributed by atoms with Gasteiger partial charge in [0.25, 0.3) is 5.56 Å². The lowest BCUT2D eigenvalue weighted by Gasteiger charge is -2.20. The number of anilines is 1. The van der Waals surface area contributed by atoms with E-state index in [1.54, 1.807) is 79.7 Å². The molecule has 7 nitrogen and oxygen atoms in total. The molecule has 42 heavy (non-hydrogen) atoms. The summed E-state index contributed by atoms with van der Waals surface area (Å²) < 4.78 is 13.0. The second-order valence-corrected chi connectivity index (χ2v) is 10.6. The van der Waals surface area contributed by atoms with Gasteiger partial charge in [-0.3, -0.25) is 19.7 Å². The number of carbonyl (C=O) groups is 1. The quantitative estimate of drug-likeness (QED) is 0.221. The first-order valence-corrected chi connectivity index (χ1v) is 15.7. The number of amides is 1. The monoisotopic (exact) mass is 593 g/mol. The lowest BCUT2D eigenvalue weighted by atomic mass is 10.2. The predicted octanol–water partition coefficient (Wildman–Crippen LogP) is 8.13. The fourth-order valence-corrected chi connectivity index (χ4v) is 3.68. The maximum atomic E-state index is 13.9. The van der Waals surface area contributed by atoms with Gasteiger partial charge in [-0.2, -0.15) is 0 Å².